The minimum absolute atomic E-state index is 0.192. The van der Waals surface area contributed by atoms with E-state index in [0.29, 0.717) is 12.5 Å². The molecular formula is C28H42N2O3. The molecule has 4 rings (SSSR count). The number of nitrogens with zero attached hydrogens (tertiary/aromatic N) is 2. The Hall–Kier alpha value is -1.88. The molecule has 1 saturated heterocycles. The van der Waals surface area contributed by atoms with Gasteiger partial charge in [0.2, 0.25) is 5.91 Å². The first-order valence-corrected chi connectivity index (χ1v) is 13.4. The number of piperidine rings is 1. The van der Waals surface area contributed by atoms with Crippen LogP contribution in [0.2, 0.25) is 0 Å². The zero-order valence-electron chi connectivity index (χ0n) is 20.6. The number of anilines is 1. The highest BCUT2D eigenvalue weighted by molar-refractivity contribution is 5.97. The van der Waals surface area contributed by atoms with Crippen LogP contribution in [0.3, 0.4) is 0 Å². The van der Waals surface area contributed by atoms with Crippen molar-refractivity contribution >= 4 is 17.6 Å². The van der Waals surface area contributed by atoms with Gasteiger partial charge in [-0.1, -0.05) is 38.3 Å². The lowest BCUT2D eigenvalue weighted by molar-refractivity contribution is -0.143. The molecule has 0 spiro atoms. The SMILES string of the molecule is CCCCC1CCC(C(=O)N2c3ccc(CCN4CCCC(C(=O)O)C4)cc3CC2C)CC1. The fourth-order valence-electron chi connectivity index (χ4n) is 6.31. The molecule has 33 heavy (non-hydrogen) atoms. The van der Waals surface area contributed by atoms with E-state index >= 15 is 0 Å². The van der Waals surface area contributed by atoms with Crippen molar-refractivity contribution in [1.29, 1.82) is 0 Å². The van der Waals surface area contributed by atoms with Crippen LogP contribution >= 0.6 is 0 Å². The maximum Gasteiger partial charge on any atom is 0.307 e. The normalized spacial score (nSPS) is 28.0. The largest absolute Gasteiger partial charge is 0.481 e. The van der Waals surface area contributed by atoms with Crippen LogP contribution in [0.25, 0.3) is 0 Å². The Morgan fingerprint density at radius 2 is 1.88 bits per heavy atom. The van der Waals surface area contributed by atoms with E-state index in [-0.39, 0.29) is 17.9 Å². The van der Waals surface area contributed by atoms with Crippen molar-refractivity contribution in [3.8, 4) is 0 Å². The number of likely N-dealkylation sites (tertiary alicyclic amines) is 1. The number of fused-ring (bicyclic) bond motifs is 1. The van der Waals surface area contributed by atoms with Crippen molar-refractivity contribution in [2.24, 2.45) is 17.8 Å². The maximum absolute atomic E-state index is 13.5. The van der Waals surface area contributed by atoms with Gasteiger partial charge in [-0.05, 0) is 87.9 Å². The summed E-state index contributed by atoms with van der Waals surface area (Å²) in [5.74, 6) is 0.477. The average Bonchev–Trinajstić information content (AvgIpc) is 3.16. The van der Waals surface area contributed by atoms with Crippen molar-refractivity contribution in [3.63, 3.8) is 0 Å². The molecule has 3 aliphatic rings. The van der Waals surface area contributed by atoms with Crippen LogP contribution in [0, 0.1) is 17.8 Å². The van der Waals surface area contributed by atoms with Gasteiger partial charge < -0.3 is 14.9 Å². The third kappa shape index (κ3) is 5.79. The van der Waals surface area contributed by atoms with Crippen molar-refractivity contribution in [3.05, 3.63) is 29.3 Å². The van der Waals surface area contributed by atoms with Crippen molar-refractivity contribution in [2.45, 2.75) is 90.5 Å². The minimum Gasteiger partial charge on any atom is -0.481 e. The zero-order valence-corrected chi connectivity index (χ0v) is 20.6. The summed E-state index contributed by atoms with van der Waals surface area (Å²) >= 11 is 0. The molecule has 0 aromatic heterocycles. The van der Waals surface area contributed by atoms with Crippen LogP contribution < -0.4 is 4.90 Å². The van der Waals surface area contributed by atoms with Gasteiger partial charge in [0, 0.05) is 30.7 Å². The Balaban J connectivity index is 1.34. The molecule has 2 unspecified atom stereocenters. The number of hydrogen-bond donors (Lipinski definition) is 1. The van der Waals surface area contributed by atoms with E-state index in [4.69, 9.17) is 0 Å². The minimum atomic E-state index is -0.662. The second kappa shape index (κ2) is 11.0. The Morgan fingerprint density at radius 1 is 1.09 bits per heavy atom. The van der Waals surface area contributed by atoms with Gasteiger partial charge in [0.15, 0.2) is 0 Å². The highest BCUT2D eigenvalue weighted by atomic mass is 16.4. The molecule has 182 valence electrons. The molecule has 0 radical (unpaired) electrons. The van der Waals surface area contributed by atoms with Gasteiger partial charge in [0.25, 0.3) is 0 Å². The predicted octanol–water partition coefficient (Wildman–Crippen LogP) is 5.30. The summed E-state index contributed by atoms with van der Waals surface area (Å²) in [6, 6.07) is 6.87. The molecule has 1 aromatic carbocycles. The van der Waals surface area contributed by atoms with E-state index in [9.17, 15) is 14.7 Å². The first-order valence-electron chi connectivity index (χ1n) is 13.4. The van der Waals surface area contributed by atoms with Crippen LogP contribution in [0.5, 0.6) is 0 Å². The number of unbranched alkanes of at least 4 members (excludes halogenated alkanes) is 1. The fourth-order valence-corrected chi connectivity index (χ4v) is 6.31. The Bertz CT molecular complexity index is 830. The lowest BCUT2D eigenvalue weighted by Crippen LogP contribution is -2.41. The van der Waals surface area contributed by atoms with Gasteiger partial charge in [-0.3, -0.25) is 9.59 Å². The van der Waals surface area contributed by atoms with Gasteiger partial charge in [-0.2, -0.15) is 0 Å². The molecule has 5 nitrogen and oxygen atoms in total. The number of carboxylic acid groups (broad SMARTS) is 1. The van der Waals surface area contributed by atoms with Crippen LogP contribution in [-0.2, 0) is 22.4 Å². The molecule has 1 amide bonds. The summed E-state index contributed by atoms with van der Waals surface area (Å²) in [4.78, 5) is 29.2. The Labute approximate surface area is 199 Å². The highest BCUT2D eigenvalue weighted by Crippen LogP contribution is 2.38. The third-order valence-corrected chi connectivity index (χ3v) is 8.33. The monoisotopic (exact) mass is 454 g/mol. The maximum atomic E-state index is 13.5. The second-order valence-electron chi connectivity index (χ2n) is 10.8. The Morgan fingerprint density at radius 3 is 2.61 bits per heavy atom. The average molecular weight is 455 g/mol. The highest BCUT2D eigenvalue weighted by Gasteiger charge is 2.36. The van der Waals surface area contributed by atoms with E-state index in [1.54, 1.807) is 0 Å². The molecule has 2 atom stereocenters. The quantitative estimate of drug-likeness (QED) is 0.579. The van der Waals surface area contributed by atoms with Gasteiger partial charge in [0.05, 0.1) is 5.92 Å². The number of carbonyl (C=O) groups is 2. The van der Waals surface area contributed by atoms with Crippen LogP contribution in [-0.4, -0.2) is 47.6 Å². The van der Waals surface area contributed by atoms with Crippen LogP contribution in [0.1, 0.15) is 82.8 Å². The van der Waals surface area contributed by atoms with Crippen LogP contribution in [0.15, 0.2) is 18.2 Å². The molecule has 2 aliphatic heterocycles. The Kier molecular flexibility index (Phi) is 8.11. The summed E-state index contributed by atoms with van der Waals surface area (Å²) in [6.45, 7) is 7.01. The standard InChI is InChI=1S/C28H42N2O3/c1-3-4-6-21-8-11-23(12-9-21)27(31)30-20(2)17-25-18-22(10-13-26(25)30)14-16-29-15-5-7-24(19-29)28(32)33/h10,13,18,20-21,23-24H,3-9,11-12,14-17,19H2,1-2H3,(H,32,33). The first kappa shape index (κ1) is 24.3. The number of hydrogen-bond acceptors (Lipinski definition) is 3. The number of benzene rings is 1. The second-order valence-corrected chi connectivity index (χ2v) is 10.8. The fraction of sp³-hybridized carbons (Fsp3) is 0.714. The predicted molar refractivity (Wildman–Crippen MR) is 133 cm³/mol. The lowest BCUT2D eigenvalue weighted by Gasteiger charge is -2.32. The van der Waals surface area contributed by atoms with Gasteiger partial charge >= 0.3 is 5.97 Å². The molecule has 0 bridgehead atoms. The number of amides is 1. The van der Waals surface area contributed by atoms with Crippen molar-refractivity contribution in [1.82, 2.24) is 4.90 Å². The zero-order chi connectivity index (χ0) is 23.4. The number of carbonyl (C=O) groups excluding carboxylic acids is 1. The van der Waals surface area contributed by atoms with E-state index < -0.39 is 5.97 Å². The van der Waals surface area contributed by atoms with E-state index in [1.165, 1.54) is 43.2 Å². The molecule has 5 heteroatoms. The third-order valence-electron chi connectivity index (χ3n) is 8.33. The number of carboxylic acids is 1. The van der Waals surface area contributed by atoms with Gasteiger partial charge in [-0.15, -0.1) is 0 Å². The van der Waals surface area contributed by atoms with Crippen LogP contribution in [0.4, 0.5) is 5.69 Å². The lowest BCUT2D eigenvalue weighted by atomic mass is 9.79. The summed E-state index contributed by atoms with van der Waals surface area (Å²) in [5.41, 5.74) is 3.71. The number of rotatable bonds is 8. The van der Waals surface area contributed by atoms with Gasteiger partial charge in [-0.25, -0.2) is 0 Å². The number of aliphatic carboxylic acids is 1. The molecule has 1 saturated carbocycles. The van der Waals surface area contributed by atoms with Crippen molar-refractivity contribution < 1.29 is 14.7 Å². The molecular weight excluding hydrogens is 412 g/mol. The molecule has 2 heterocycles. The van der Waals surface area contributed by atoms with Gasteiger partial charge in [0.1, 0.15) is 0 Å². The van der Waals surface area contributed by atoms with E-state index in [1.807, 2.05) is 0 Å². The smallest absolute Gasteiger partial charge is 0.307 e. The molecule has 1 N–H and O–H groups in total. The molecule has 1 aromatic rings. The molecule has 1 aliphatic carbocycles. The summed E-state index contributed by atoms with van der Waals surface area (Å²) < 4.78 is 0. The summed E-state index contributed by atoms with van der Waals surface area (Å²) in [6.07, 6.45) is 12.1. The first-order chi connectivity index (χ1) is 16.0. The summed E-state index contributed by atoms with van der Waals surface area (Å²) in [5, 5.41) is 9.32. The van der Waals surface area contributed by atoms with Crippen molar-refractivity contribution in [2.75, 3.05) is 24.5 Å². The topological polar surface area (TPSA) is 60.9 Å². The van der Waals surface area contributed by atoms with E-state index in [0.717, 1.165) is 63.2 Å². The molecule has 2 fully saturated rings. The van der Waals surface area contributed by atoms with E-state index in [2.05, 4.69) is 41.8 Å². The summed E-state index contributed by atoms with van der Waals surface area (Å²) in [7, 11) is 0.